The molecule has 2 atom stereocenters. The van der Waals surface area contributed by atoms with Crippen LogP contribution >= 0.6 is 0 Å². The molecule has 6 nitrogen and oxygen atoms in total. The zero-order valence-electron chi connectivity index (χ0n) is 20.6. The molecular weight excluding hydrogens is 436 g/mol. The van der Waals surface area contributed by atoms with Gasteiger partial charge < -0.3 is 15.6 Å². The van der Waals surface area contributed by atoms with Gasteiger partial charge in [0.1, 0.15) is 5.82 Å². The van der Waals surface area contributed by atoms with Crippen LogP contribution in [0.3, 0.4) is 0 Å². The van der Waals surface area contributed by atoms with E-state index in [1.54, 1.807) is 0 Å². The number of amides is 2. The van der Waals surface area contributed by atoms with E-state index < -0.39 is 0 Å². The Balaban J connectivity index is 1.26. The molecule has 0 radical (unpaired) electrons. The second kappa shape index (κ2) is 10.6. The Bertz CT molecular complexity index is 1180. The monoisotopic (exact) mass is 472 g/mol. The number of aromatic nitrogens is 2. The van der Waals surface area contributed by atoms with Crippen LogP contribution in [-0.2, 0) is 0 Å². The van der Waals surface area contributed by atoms with Crippen molar-refractivity contribution in [3.8, 4) is 11.4 Å². The van der Waals surface area contributed by atoms with Crippen LogP contribution in [0.1, 0.15) is 91.8 Å². The van der Waals surface area contributed by atoms with E-state index in [0.29, 0.717) is 17.0 Å². The topological polar surface area (TPSA) is 86.9 Å². The van der Waals surface area contributed by atoms with Gasteiger partial charge in [0.15, 0.2) is 0 Å². The minimum absolute atomic E-state index is 0.00997. The third kappa shape index (κ3) is 5.58. The first-order chi connectivity index (χ1) is 17.1. The van der Waals surface area contributed by atoms with Gasteiger partial charge in [0.05, 0.1) is 11.0 Å². The smallest absolute Gasteiger partial charge is 0.251 e. The van der Waals surface area contributed by atoms with E-state index in [1.165, 1.54) is 44.9 Å². The molecular formula is C29H36N4O2. The van der Waals surface area contributed by atoms with Crippen molar-refractivity contribution in [2.75, 3.05) is 0 Å². The van der Waals surface area contributed by atoms with Crippen LogP contribution in [0.2, 0.25) is 0 Å². The fourth-order valence-corrected chi connectivity index (χ4v) is 5.54. The van der Waals surface area contributed by atoms with Gasteiger partial charge in [-0.25, -0.2) is 4.98 Å². The predicted octanol–water partition coefficient (Wildman–Crippen LogP) is 5.99. The number of aromatic amines is 1. The van der Waals surface area contributed by atoms with Gasteiger partial charge >= 0.3 is 0 Å². The Labute approximate surface area is 207 Å². The fraction of sp³-hybridized carbons (Fsp3) is 0.483. The van der Waals surface area contributed by atoms with Gasteiger partial charge in [-0.1, -0.05) is 57.6 Å². The first-order valence-electron chi connectivity index (χ1n) is 13.3. The summed E-state index contributed by atoms with van der Waals surface area (Å²) in [6.45, 7) is 2.22. The van der Waals surface area contributed by atoms with E-state index in [-0.39, 0.29) is 23.9 Å². The zero-order chi connectivity index (χ0) is 24.2. The average Bonchev–Trinajstić information content (AvgIpc) is 3.14. The summed E-state index contributed by atoms with van der Waals surface area (Å²) in [5, 5.41) is 6.43. The molecule has 2 unspecified atom stereocenters. The summed E-state index contributed by atoms with van der Waals surface area (Å²) in [6, 6.07) is 13.7. The molecule has 2 aliphatic carbocycles. The molecule has 3 N–H and O–H groups in total. The van der Waals surface area contributed by atoms with Crippen molar-refractivity contribution in [1.82, 2.24) is 20.6 Å². The summed E-state index contributed by atoms with van der Waals surface area (Å²) in [5.74, 6) is 1.23. The molecule has 0 bridgehead atoms. The molecule has 0 saturated heterocycles. The number of H-pyrrole nitrogens is 1. The van der Waals surface area contributed by atoms with E-state index in [4.69, 9.17) is 4.98 Å². The van der Waals surface area contributed by atoms with E-state index in [2.05, 4.69) is 22.5 Å². The van der Waals surface area contributed by atoms with E-state index in [0.717, 1.165) is 41.7 Å². The number of benzene rings is 2. The molecule has 2 amide bonds. The maximum Gasteiger partial charge on any atom is 0.251 e. The Morgan fingerprint density at radius 1 is 0.800 bits per heavy atom. The van der Waals surface area contributed by atoms with Crippen LogP contribution < -0.4 is 10.6 Å². The molecule has 1 heterocycles. The molecule has 2 aliphatic rings. The standard InChI is InChI=1S/C29H36N4O2/c1-19-8-6-7-11-24(19)33-28(34)21-14-12-20(13-15-21)27-31-25-17-16-22(18-26(25)32-27)29(35)30-23-9-4-2-3-5-10-23/h12-19,23-24H,2-11H2,1H3,(H,30,35)(H,31,32)(H,33,34). The van der Waals surface area contributed by atoms with Gasteiger partial charge in [-0.3, -0.25) is 9.59 Å². The lowest BCUT2D eigenvalue weighted by Gasteiger charge is -2.29. The number of hydrogen-bond donors (Lipinski definition) is 3. The SMILES string of the molecule is CC1CCCCC1NC(=O)c1ccc(-c2nc3cc(C(=O)NC4CCCCCC4)ccc3[nH]2)cc1. The van der Waals surface area contributed by atoms with E-state index in [1.807, 2.05) is 42.5 Å². The van der Waals surface area contributed by atoms with E-state index >= 15 is 0 Å². The molecule has 35 heavy (non-hydrogen) atoms. The van der Waals surface area contributed by atoms with Gasteiger partial charge in [0, 0.05) is 28.8 Å². The van der Waals surface area contributed by atoms with Crippen molar-refractivity contribution in [3.63, 3.8) is 0 Å². The maximum atomic E-state index is 12.8. The summed E-state index contributed by atoms with van der Waals surface area (Å²) in [4.78, 5) is 33.6. The second-order valence-electron chi connectivity index (χ2n) is 10.4. The van der Waals surface area contributed by atoms with Crippen molar-refractivity contribution in [2.45, 2.75) is 83.2 Å². The largest absolute Gasteiger partial charge is 0.349 e. The summed E-state index contributed by atoms with van der Waals surface area (Å²) in [6.07, 6.45) is 11.7. The number of fused-ring (bicyclic) bond motifs is 1. The molecule has 2 saturated carbocycles. The number of imidazole rings is 1. The Hall–Kier alpha value is -3.15. The molecule has 184 valence electrons. The number of hydrogen-bond acceptors (Lipinski definition) is 3. The number of carbonyl (C=O) groups is 2. The van der Waals surface area contributed by atoms with Crippen molar-refractivity contribution in [1.29, 1.82) is 0 Å². The van der Waals surface area contributed by atoms with Crippen molar-refractivity contribution >= 4 is 22.8 Å². The predicted molar refractivity (Wildman–Crippen MR) is 139 cm³/mol. The molecule has 2 aromatic carbocycles. The minimum atomic E-state index is -0.0222. The third-order valence-corrected chi connectivity index (χ3v) is 7.78. The maximum absolute atomic E-state index is 12.8. The zero-order valence-corrected chi connectivity index (χ0v) is 20.6. The highest BCUT2D eigenvalue weighted by Gasteiger charge is 2.23. The molecule has 5 rings (SSSR count). The van der Waals surface area contributed by atoms with Gasteiger partial charge in [0.25, 0.3) is 11.8 Å². The van der Waals surface area contributed by atoms with Crippen LogP contribution in [-0.4, -0.2) is 33.9 Å². The van der Waals surface area contributed by atoms with Gasteiger partial charge in [-0.05, 0) is 61.9 Å². The molecule has 0 spiro atoms. The Kier molecular flexibility index (Phi) is 7.16. The lowest BCUT2D eigenvalue weighted by molar-refractivity contribution is 0.0907. The van der Waals surface area contributed by atoms with Gasteiger partial charge in [-0.2, -0.15) is 0 Å². The number of nitrogens with one attached hydrogen (secondary N) is 3. The highest BCUT2D eigenvalue weighted by Crippen LogP contribution is 2.25. The van der Waals surface area contributed by atoms with E-state index in [9.17, 15) is 9.59 Å². The number of nitrogens with zero attached hydrogens (tertiary/aromatic N) is 1. The summed E-state index contributed by atoms with van der Waals surface area (Å²) in [7, 11) is 0. The van der Waals surface area contributed by atoms with Crippen molar-refractivity contribution in [2.24, 2.45) is 5.92 Å². The van der Waals surface area contributed by atoms with Crippen LogP contribution in [0.5, 0.6) is 0 Å². The highest BCUT2D eigenvalue weighted by molar-refractivity contribution is 5.98. The summed E-state index contributed by atoms with van der Waals surface area (Å²) < 4.78 is 0. The lowest BCUT2D eigenvalue weighted by atomic mass is 9.86. The first kappa shape index (κ1) is 23.6. The molecule has 6 heteroatoms. The first-order valence-corrected chi connectivity index (χ1v) is 13.3. The van der Waals surface area contributed by atoms with Crippen LogP contribution in [0.15, 0.2) is 42.5 Å². The van der Waals surface area contributed by atoms with Crippen LogP contribution in [0.4, 0.5) is 0 Å². The van der Waals surface area contributed by atoms with Crippen LogP contribution in [0, 0.1) is 5.92 Å². The average molecular weight is 473 g/mol. The van der Waals surface area contributed by atoms with Gasteiger partial charge in [0.2, 0.25) is 0 Å². The normalized spacial score (nSPS) is 21.4. The third-order valence-electron chi connectivity index (χ3n) is 7.78. The summed E-state index contributed by atoms with van der Waals surface area (Å²) in [5.41, 5.74) is 3.87. The molecule has 2 fully saturated rings. The quantitative estimate of drug-likeness (QED) is 0.399. The van der Waals surface area contributed by atoms with Crippen molar-refractivity contribution < 1.29 is 9.59 Å². The lowest BCUT2D eigenvalue weighted by Crippen LogP contribution is -2.41. The Morgan fingerprint density at radius 3 is 2.20 bits per heavy atom. The summed E-state index contributed by atoms with van der Waals surface area (Å²) >= 11 is 0. The second-order valence-corrected chi connectivity index (χ2v) is 10.4. The van der Waals surface area contributed by atoms with Gasteiger partial charge in [-0.15, -0.1) is 0 Å². The molecule has 0 aliphatic heterocycles. The Morgan fingerprint density at radius 2 is 1.46 bits per heavy atom. The fourth-order valence-electron chi connectivity index (χ4n) is 5.54. The molecule has 3 aromatic rings. The van der Waals surface area contributed by atoms with Crippen molar-refractivity contribution in [3.05, 3.63) is 53.6 Å². The minimum Gasteiger partial charge on any atom is -0.349 e. The molecule has 1 aromatic heterocycles. The number of rotatable bonds is 5. The highest BCUT2D eigenvalue weighted by atomic mass is 16.2. The number of carbonyl (C=O) groups excluding carboxylic acids is 2. The van der Waals surface area contributed by atoms with Crippen LogP contribution in [0.25, 0.3) is 22.4 Å².